The summed E-state index contributed by atoms with van der Waals surface area (Å²) in [6, 6.07) is 19.3. The van der Waals surface area contributed by atoms with Crippen LogP contribution in [0.4, 0.5) is 0 Å². The van der Waals surface area contributed by atoms with Crippen LogP contribution >= 0.6 is 0 Å². The van der Waals surface area contributed by atoms with E-state index in [-0.39, 0.29) is 6.61 Å². The van der Waals surface area contributed by atoms with Gasteiger partial charge in [-0.05, 0) is 0 Å². The lowest BCUT2D eigenvalue weighted by Crippen LogP contribution is -2.50. The predicted molar refractivity (Wildman–Crippen MR) is 94.7 cm³/mol. The Morgan fingerprint density at radius 3 is 1.96 bits per heavy atom. The van der Waals surface area contributed by atoms with Gasteiger partial charge in [-0.1, -0.05) is 60.7 Å². The van der Waals surface area contributed by atoms with Crippen molar-refractivity contribution in [2.75, 3.05) is 6.61 Å². The Bertz CT molecular complexity index is 799. The summed E-state index contributed by atoms with van der Waals surface area (Å²) in [5.41, 5.74) is 1.79. The Morgan fingerprint density at radius 2 is 1.32 bits per heavy atom. The molecule has 5 rings (SSSR count). The number of fused-ring (bicyclic) bond motifs is 3. The third kappa shape index (κ3) is 3.21. The van der Waals surface area contributed by atoms with Crippen molar-refractivity contribution in [1.82, 2.24) is 0 Å². The largest absolute Gasteiger partial charge is 0.465 e. The van der Waals surface area contributed by atoms with Gasteiger partial charge in [-0.15, -0.1) is 0 Å². The molecule has 7 heteroatoms. The van der Waals surface area contributed by atoms with Gasteiger partial charge in [0.15, 0.2) is 18.9 Å². The van der Waals surface area contributed by atoms with Crippen molar-refractivity contribution in [3.8, 4) is 0 Å². The molecule has 3 saturated heterocycles. The second-order valence-corrected chi connectivity index (χ2v) is 6.90. The molecule has 28 heavy (non-hydrogen) atoms. The van der Waals surface area contributed by atoms with Gasteiger partial charge in [-0.3, -0.25) is 4.79 Å². The Balaban J connectivity index is 1.37. The molecule has 0 N–H and O–H groups in total. The average molecular weight is 384 g/mol. The smallest absolute Gasteiger partial charge is 0.293 e. The van der Waals surface area contributed by atoms with Crippen LogP contribution in [0, 0.1) is 0 Å². The minimum Gasteiger partial charge on any atom is -0.465 e. The van der Waals surface area contributed by atoms with Gasteiger partial charge in [0.25, 0.3) is 6.47 Å². The van der Waals surface area contributed by atoms with Gasteiger partial charge in [-0.2, -0.15) is 0 Å². The molecule has 0 radical (unpaired) electrons. The maximum Gasteiger partial charge on any atom is 0.293 e. The van der Waals surface area contributed by atoms with E-state index in [2.05, 4.69) is 0 Å². The van der Waals surface area contributed by atoms with Crippen LogP contribution in [0.3, 0.4) is 0 Å². The molecular weight excluding hydrogens is 364 g/mol. The quantitative estimate of drug-likeness (QED) is 0.734. The summed E-state index contributed by atoms with van der Waals surface area (Å²) in [7, 11) is 0. The molecule has 0 aromatic heterocycles. The first kappa shape index (κ1) is 17.8. The topological polar surface area (TPSA) is 72.5 Å². The van der Waals surface area contributed by atoms with Crippen LogP contribution in [0.2, 0.25) is 0 Å². The lowest BCUT2D eigenvalue weighted by Gasteiger charge is -2.38. The highest BCUT2D eigenvalue weighted by molar-refractivity contribution is 5.37. The van der Waals surface area contributed by atoms with Crippen molar-refractivity contribution < 1.29 is 33.2 Å². The molecule has 0 amide bonds. The van der Waals surface area contributed by atoms with Crippen molar-refractivity contribution in [1.29, 1.82) is 0 Å². The van der Waals surface area contributed by atoms with Crippen molar-refractivity contribution in [2.24, 2.45) is 0 Å². The van der Waals surface area contributed by atoms with Gasteiger partial charge in [-0.25, -0.2) is 0 Å². The Hall–Kier alpha value is -2.29. The molecule has 2 aromatic carbocycles. The molecule has 0 saturated carbocycles. The van der Waals surface area contributed by atoms with E-state index in [1.807, 2.05) is 60.7 Å². The predicted octanol–water partition coefficient (Wildman–Crippen LogP) is 2.48. The summed E-state index contributed by atoms with van der Waals surface area (Å²) in [5, 5.41) is 0. The monoisotopic (exact) mass is 384 g/mol. The lowest BCUT2D eigenvalue weighted by molar-refractivity contribution is -0.306. The first-order chi connectivity index (χ1) is 13.8. The fourth-order valence-electron chi connectivity index (χ4n) is 3.87. The first-order valence-corrected chi connectivity index (χ1v) is 9.26. The van der Waals surface area contributed by atoms with E-state index < -0.39 is 43.3 Å². The van der Waals surface area contributed by atoms with Gasteiger partial charge in [0.05, 0.1) is 0 Å². The summed E-state index contributed by atoms with van der Waals surface area (Å²) in [5.74, 6) is 0. The number of hydrogen-bond acceptors (Lipinski definition) is 7. The molecule has 146 valence electrons. The summed E-state index contributed by atoms with van der Waals surface area (Å²) in [6.45, 7) is 0.471. The van der Waals surface area contributed by atoms with Crippen molar-refractivity contribution in [2.45, 2.75) is 43.3 Å². The van der Waals surface area contributed by atoms with Crippen LogP contribution in [0.25, 0.3) is 0 Å². The van der Waals surface area contributed by atoms with Crippen molar-refractivity contribution in [3.05, 3.63) is 71.8 Å². The molecule has 2 aromatic rings. The van der Waals surface area contributed by atoms with E-state index in [1.54, 1.807) is 0 Å². The summed E-state index contributed by atoms with van der Waals surface area (Å²) in [6.07, 6.45) is -3.43. The van der Waals surface area contributed by atoms with Gasteiger partial charge in [0, 0.05) is 11.1 Å². The van der Waals surface area contributed by atoms with E-state index >= 15 is 0 Å². The van der Waals surface area contributed by atoms with Crippen LogP contribution < -0.4 is 0 Å². The van der Waals surface area contributed by atoms with E-state index in [1.165, 1.54) is 0 Å². The lowest BCUT2D eigenvalue weighted by atomic mass is 10.0. The molecule has 3 aliphatic rings. The zero-order valence-electron chi connectivity index (χ0n) is 15.0. The van der Waals surface area contributed by atoms with Gasteiger partial charge in [0.2, 0.25) is 0 Å². The zero-order valence-corrected chi connectivity index (χ0v) is 15.0. The molecule has 3 aliphatic heterocycles. The maximum atomic E-state index is 10.7. The first-order valence-electron chi connectivity index (χ1n) is 9.26. The Labute approximate surface area is 162 Å². The molecule has 3 heterocycles. The third-order valence-electron chi connectivity index (χ3n) is 5.16. The fraction of sp³-hybridized carbons (Fsp3) is 0.381. The number of hydrogen-bond donors (Lipinski definition) is 0. The highest BCUT2D eigenvalue weighted by Gasteiger charge is 2.58. The van der Waals surface area contributed by atoms with E-state index in [9.17, 15) is 4.79 Å². The maximum absolute atomic E-state index is 10.7. The van der Waals surface area contributed by atoms with Crippen LogP contribution in [0.15, 0.2) is 60.7 Å². The number of ether oxygens (including phenoxy) is 6. The van der Waals surface area contributed by atoms with Crippen molar-refractivity contribution in [3.63, 3.8) is 0 Å². The minimum absolute atomic E-state index is 0.0684. The molecule has 7 atom stereocenters. The van der Waals surface area contributed by atoms with Gasteiger partial charge >= 0.3 is 0 Å². The normalized spacial score (nSPS) is 36.5. The van der Waals surface area contributed by atoms with E-state index in [4.69, 9.17) is 28.4 Å². The number of benzene rings is 2. The SMILES string of the molecule is O=COCC1OC(c2ccccc2)OC2C1OC1OC(c3ccccc3)OC12. The zero-order chi connectivity index (χ0) is 18.9. The minimum atomic E-state index is -0.607. The van der Waals surface area contributed by atoms with Gasteiger partial charge < -0.3 is 28.4 Å². The van der Waals surface area contributed by atoms with Crippen molar-refractivity contribution >= 4 is 6.47 Å². The highest BCUT2D eigenvalue weighted by atomic mass is 16.8. The fourth-order valence-corrected chi connectivity index (χ4v) is 3.87. The highest BCUT2D eigenvalue weighted by Crippen LogP contribution is 2.45. The van der Waals surface area contributed by atoms with Crippen LogP contribution in [-0.4, -0.2) is 43.8 Å². The molecule has 7 nitrogen and oxygen atoms in total. The molecule has 3 fully saturated rings. The second kappa shape index (κ2) is 7.62. The molecular formula is C21H20O7. The Morgan fingerprint density at radius 1 is 0.714 bits per heavy atom. The second-order valence-electron chi connectivity index (χ2n) is 6.90. The average Bonchev–Trinajstić information content (AvgIpc) is 3.32. The number of carbonyl (C=O) groups excluding carboxylic acids is 1. The van der Waals surface area contributed by atoms with Crippen LogP contribution in [0.5, 0.6) is 0 Å². The standard InChI is InChI=1S/C21H20O7/c22-12-23-11-15-16-17(26-19(24-15)13-7-3-1-4-8-13)18-21(25-16)28-20(27-18)14-9-5-2-6-10-14/h1-10,12,15-21H,11H2. The van der Waals surface area contributed by atoms with Gasteiger partial charge in [0.1, 0.15) is 31.0 Å². The number of carbonyl (C=O) groups is 1. The van der Waals surface area contributed by atoms with E-state index in [0.717, 1.165) is 11.1 Å². The molecule has 7 unspecified atom stereocenters. The third-order valence-corrected chi connectivity index (χ3v) is 5.16. The van der Waals surface area contributed by atoms with E-state index in [0.29, 0.717) is 6.47 Å². The van der Waals surface area contributed by atoms with Crippen LogP contribution in [-0.2, 0) is 33.2 Å². The Kier molecular flexibility index (Phi) is 4.84. The van der Waals surface area contributed by atoms with Crippen LogP contribution in [0.1, 0.15) is 23.7 Å². The summed E-state index contributed by atoms with van der Waals surface area (Å²) in [4.78, 5) is 10.7. The number of rotatable bonds is 5. The summed E-state index contributed by atoms with van der Waals surface area (Å²) < 4.78 is 35.3. The molecule has 0 aliphatic carbocycles. The summed E-state index contributed by atoms with van der Waals surface area (Å²) >= 11 is 0. The molecule has 0 bridgehead atoms. The molecule has 0 spiro atoms.